The Hall–Kier alpha value is -2.38. The molecule has 6 aliphatic rings. The zero-order valence-electron chi connectivity index (χ0n) is 14.2. The molecule has 0 radical (unpaired) electrons. The number of rotatable bonds is 0. The Morgan fingerprint density at radius 1 is 0.640 bits per heavy atom. The molecule has 0 bridgehead atoms. The average molecular weight is 337 g/mol. The Balaban J connectivity index is 1.69. The summed E-state index contributed by atoms with van der Waals surface area (Å²) < 4.78 is 0. The van der Waals surface area contributed by atoms with Crippen molar-refractivity contribution in [1.82, 2.24) is 0 Å². The molecule has 0 saturated heterocycles. The van der Waals surface area contributed by atoms with Crippen LogP contribution < -0.4 is 0 Å². The molecule has 0 N–H and O–H groups in total. The van der Waals surface area contributed by atoms with Crippen molar-refractivity contribution in [2.45, 2.75) is 12.8 Å². The van der Waals surface area contributed by atoms with Crippen LogP contribution in [0.4, 0.5) is 0 Å². The van der Waals surface area contributed by atoms with Gasteiger partial charge in [-0.15, -0.1) is 0 Å². The van der Waals surface area contributed by atoms with E-state index in [9.17, 15) is 0 Å². The molecule has 2 heterocycles. The van der Waals surface area contributed by atoms with E-state index in [1.165, 1.54) is 11.1 Å². The molecule has 1 heteroatoms. The van der Waals surface area contributed by atoms with Crippen molar-refractivity contribution >= 4 is 8.07 Å². The van der Waals surface area contributed by atoms with Crippen molar-refractivity contribution in [3.63, 3.8) is 0 Å². The monoisotopic (exact) mass is 336 g/mol. The SMILES string of the molecule is C1=CCC23C=CC=CC2=C[Si]2(C=C4C=CC=CC45CC=CC=C52)C3=C1. The molecule has 0 aromatic heterocycles. The zero-order chi connectivity index (χ0) is 16.5. The van der Waals surface area contributed by atoms with Gasteiger partial charge in [-0.1, -0.05) is 107 Å². The van der Waals surface area contributed by atoms with Crippen LogP contribution in [0.15, 0.2) is 118 Å². The van der Waals surface area contributed by atoms with E-state index >= 15 is 0 Å². The third-order valence-electron chi connectivity index (χ3n) is 6.86. The van der Waals surface area contributed by atoms with Crippen LogP contribution >= 0.6 is 0 Å². The molecule has 0 fully saturated rings. The quantitative estimate of drug-likeness (QED) is 0.515. The topological polar surface area (TPSA) is 0 Å². The van der Waals surface area contributed by atoms with Crippen LogP contribution in [0.25, 0.3) is 0 Å². The third kappa shape index (κ3) is 1.45. The van der Waals surface area contributed by atoms with Gasteiger partial charge in [-0.05, 0) is 24.0 Å². The molecule has 0 nitrogen and oxygen atoms in total. The maximum absolute atomic E-state index is 2.69. The lowest BCUT2D eigenvalue weighted by Crippen LogP contribution is -2.41. The number of allylic oxidation sites excluding steroid dienone is 18. The van der Waals surface area contributed by atoms with E-state index < -0.39 is 8.07 Å². The van der Waals surface area contributed by atoms with Crippen molar-refractivity contribution in [2.24, 2.45) is 10.8 Å². The van der Waals surface area contributed by atoms with Gasteiger partial charge in [-0.2, -0.15) is 0 Å². The van der Waals surface area contributed by atoms with Gasteiger partial charge in [0.05, 0.1) is 0 Å². The first-order valence-electron chi connectivity index (χ1n) is 9.24. The second kappa shape index (κ2) is 4.42. The Kier molecular flexibility index (Phi) is 2.45. The lowest BCUT2D eigenvalue weighted by atomic mass is 9.73. The summed E-state index contributed by atoms with van der Waals surface area (Å²) in [5.74, 6) is 0. The summed E-state index contributed by atoms with van der Waals surface area (Å²) in [6, 6.07) is 0. The van der Waals surface area contributed by atoms with E-state index in [4.69, 9.17) is 0 Å². The summed E-state index contributed by atoms with van der Waals surface area (Å²) in [6.45, 7) is 0. The Labute approximate surface area is 150 Å². The van der Waals surface area contributed by atoms with E-state index in [0.717, 1.165) is 12.8 Å². The van der Waals surface area contributed by atoms with Crippen LogP contribution in [0.3, 0.4) is 0 Å². The minimum Gasteiger partial charge on any atom is -0.0830 e. The van der Waals surface area contributed by atoms with Crippen LogP contribution in [-0.2, 0) is 0 Å². The molecular formula is C24H20Si. The van der Waals surface area contributed by atoms with Crippen molar-refractivity contribution in [3.8, 4) is 0 Å². The summed E-state index contributed by atoms with van der Waals surface area (Å²) in [4.78, 5) is 0. The second-order valence-corrected chi connectivity index (χ2v) is 11.3. The lowest BCUT2D eigenvalue weighted by Gasteiger charge is -2.41. The van der Waals surface area contributed by atoms with Gasteiger partial charge in [-0.25, -0.2) is 0 Å². The molecule has 6 rings (SSSR count). The van der Waals surface area contributed by atoms with Crippen molar-refractivity contribution < 1.29 is 0 Å². The molecular weight excluding hydrogens is 316 g/mol. The van der Waals surface area contributed by atoms with Gasteiger partial charge < -0.3 is 0 Å². The zero-order valence-corrected chi connectivity index (χ0v) is 15.2. The molecule has 4 aliphatic carbocycles. The summed E-state index contributed by atoms with van der Waals surface area (Å²) in [5.41, 5.74) is 8.63. The predicted molar refractivity (Wildman–Crippen MR) is 107 cm³/mol. The Morgan fingerprint density at radius 3 is 1.68 bits per heavy atom. The molecule has 120 valence electrons. The van der Waals surface area contributed by atoms with Crippen LogP contribution in [0, 0.1) is 10.8 Å². The van der Waals surface area contributed by atoms with E-state index in [-0.39, 0.29) is 10.8 Å². The first-order valence-corrected chi connectivity index (χ1v) is 11.4. The van der Waals surface area contributed by atoms with Crippen LogP contribution in [-0.4, -0.2) is 8.07 Å². The maximum Gasteiger partial charge on any atom is 0.160 e. The number of fused-ring (bicyclic) bond motifs is 2. The highest BCUT2D eigenvalue weighted by Gasteiger charge is 2.61. The van der Waals surface area contributed by atoms with Crippen LogP contribution in [0.1, 0.15) is 12.8 Å². The molecule has 0 amide bonds. The summed E-state index contributed by atoms with van der Waals surface area (Å²) in [5, 5.41) is 3.34. The first kappa shape index (κ1) is 13.9. The maximum atomic E-state index is 2.69. The third-order valence-corrected chi connectivity index (χ3v) is 11.4. The molecule has 2 unspecified atom stereocenters. The van der Waals surface area contributed by atoms with Crippen LogP contribution in [0.5, 0.6) is 0 Å². The summed E-state index contributed by atoms with van der Waals surface area (Å²) >= 11 is 0. The standard InChI is InChI=1S/C24H20Si/c1-5-13-23-15-7-3-11-21(23)25(17-19(23)9-1)18-20-10-2-6-14-24(20)16-8-4-12-22(24)25/h1-14,17-18H,15-16H2. The predicted octanol–water partition coefficient (Wildman–Crippen LogP) is 5.47. The second-order valence-electron chi connectivity index (χ2n) is 7.87. The van der Waals surface area contributed by atoms with Crippen molar-refractivity contribution in [3.05, 3.63) is 118 Å². The first-order chi connectivity index (χ1) is 12.3. The number of hydrogen-bond donors (Lipinski definition) is 0. The number of hydrogen-bond acceptors (Lipinski definition) is 0. The van der Waals surface area contributed by atoms with Gasteiger partial charge in [-0.3, -0.25) is 0 Å². The molecule has 3 spiro atoms. The molecule has 2 aliphatic heterocycles. The molecule has 25 heavy (non-hydrogen) atoms. The minimum absolute atomic E-state index is 0.108. The average Bonchev–Trinajstić information content (AvgIpc) is 3.12. The highest BCUT2D eigenvalue weighted by molar-refractivity contribution is 7.03. The van der Waals surface area contributed by atoms with Crippen molar-refractivity contribution in [1.29, 1.82) is 0 Å². The Bertz CT molecular complexity index is 917. The Morgan fingerprint density at radius 2 is 1.16 bits per heavy atom. The molecule has 0 aromatic carbocycles. The van der Waals surface area contributed by atoms with Gasteiger partial charge in [0.15, 0.2) is 8.07 Å². The van der Waals surface area contributed by atoms with Crippen molar-refractivity contribution in [2.75, 3.05) is 0 Å². The van der Waals surface area contributed by atoms with E-state index in [0.29, 0.717) is 0 Å². The fourth-order valence-corrected chi connectivity index (χ4v) is 11.4. The smallest absolute Gasteiger partial charge is 0.0830 e. The largest absolute Gasteiger partial charge is 0.160 e. The summed E-state index contributed by atoms with van der Waals surface area (Å²) in [6.07, 6.45) is 34.9. The fourth-order valence-electron chi connectivity index (χ4n) is 5.82. The van der Waals surface area contributed by atoms with E-state index in [2.05, 4.69) is 96.5 Å². The van der Waals surface area contributed by atoms with Gasteiger partial charge in [0.1, 0.15) is 0 Å². The van der Waals surface area contributed by atoms with Crippen LogP contribution in [0.2, 0.25) is 0 Å². The van der Waals surface area contributed by atoms with Gasteiger partial charge >= 0.3 is 0 Å². The molecule has 2 atom stereocenters. The van der Waals surface area contributed by atoms with E-state index in [1.54, 1.807) is 10.4 Å². The normalized spacial score (nSPS) is 41.0. The van der Waals surface area contributed by atoms with Gasteiger partial charge in [0.25, 0.3) is 0 Å². The fraction of sp³-hybridized carbons (Fsp3) is 0.167. The summed E-state index contributed by atoms with van der Waals surface area (Å²) in [7, 11) is -1.98. The van der Waals surface area contributed by atoms with E-state index in [1.807, 2.05) is 0 Å². The highest BCUT2D eigenvalue weighted by atomic mass is 28.3. The van der Waals surface area contributed by atoms with Gasteiger partial charge in [0.2, 0.25) is 0 Å². The highest BCUT2D eigenvalue weighted by Crippen LogP contribution is 2.64. The minimum atomic E-state index is -1.98. The molecule has 0 aromatic rings. The lowest BCUT2D eigenvalue weighted by molar-refractivity contribution is 0.584. The van der Waals surface area contributed by atoms with Gasteiger partial charge in [0, 0.05) is 10.8 Å². The molecule has 0 saturated carbocycles.